The Hall–Kier alpha value is -1.39. The maximum absolute atomic E-state index is 5.36. The fourth-order valence-corrected chi connectivity index (χ4v) is 1.22. The zero-order chi connectivity index (χ0) is 9.80. The quantitative estimate of drug-likeness (QED) is 0.861. The molecule has 0 fully saturated rings. The van der Waals surface area contributed by atoms with E-state index >= 15 is 0 Å². The molecule has 0 bridgehead atoms. The molecule has 2 N–H and O–H groups in total. The summed E-state index contributed by atoms with van der Waals surface area (Å²) in [6.07, 6.45) is 0.685. The third-order valence-electron chi connectivity index (χ3n) is 1.89. The van der Waals surface area contributed by atoms with E-state index in [4.69, 9.17) is 10.3 Å². The number of nitrogens with zero attached hydrogens (tertiary/aromatic N) is 2. The van der Waals surface area contributed by atoms with Crippen LogP contribution < -0.4 is 5.73 Å². The van der Waals surface area contributed by atoms with Crippen molar-refractivity contribution in [3.05, 3.63) is 47.6 Å². The van der Waals surface area contributed by atoms with Crippen molar-refractivity contribution in [2.75, 3.05) is 0 Å². The Bertz CT molecular complexity index is 402. The second-order valence-corrected chi connectivity index (χ2v) is 2.97. The Morgan fingerprint density at radius 2 is 1.93 bits per heavy atom. The molecule has 2 aromatic rings. The summed E-state index contributed by atoms with van der Waals surface area (Å²) in [4.78, 5) is 4.12. The third-order valence-corrected chi connectivity index (χ3v) is 1.89. The van der Waals surface area contributed by atoms with Gasteiger partial charge < -0.3 is 10.3 Å². The van der Waals surface area contributed by atoms with Crippen LogP contribution in [0, 0.1) is 0 Å². The van der Waals surface area contributed by atoms with Crippen LogP contribution in [0.25, 0.3) is 0 Å². The number of nitrogens with two attached hydrogens (primary N) is 1. The Kier molecular flexibility index (Phi) is 4.27. The van der Waals surface area contributed by atoms with E-state index in [0.717, 1.165) is 5.56 Å². The van der Waals surface area contributed by atoms with Gasteiger partial charge in [0.25, 0.3) is 0 Å². The first-order valence-corrected chi connectivity index (χ1v) is 4.44. The van der Waals surface area contributed by atoms with Crippen LogP contribution in [0.2, 0.25) is 0 Å². The van der Waals surface area contributed by atoms with Crippen molar-refractivity contribution in [1.29, 1.82) is 0 Å². The number of hydrogen-bond acceptors (Lipinski definition) is 4. The maximum atomic E-state index is 5.36. The topological polar surface area (TPSA) is 64.9 Å². The van der Waals surface area contributed by atoms with E-state index in [1.807, 2.05) is 30.3 Å². The van der Waals surface area contributed by atoms with Crippen molar-refractivity contribution < 1.29 is 4.52 Å². The highest BCUT2D eigenvalue weighted by Gasteiger charge is 2.04. The highest BCUT2D eigenvalue weighted by molar-refractivity contribution is 5.85. The summed E-state index contributed by atoms with van der Waals surface area (Å²) < 4.78 is 4.90. The van der Waals surface area contributed by atoms with E-state index in [-0.39, 0.29) is 12.4 Å². The molecule has 0 aliphatic heterocycles. The average molecular weight is 226 g/mol. The standard InChI is InChI=1S/C10H11N3O.ClH/c11-7-10-12-9(13-14-10)6-8-4-2-1-3-5-8;/h1-5H,6-7,11H2;1H. The lowest BCUT2D eigenvalue weighted by Gasteiger charge is -1.93. The molecule has 4 nitrogen and oxygen atoms in total. The number of halogens is 1. The van der Waals surface area contributed by atoms with Gasteiger partial charge in [-0.1, -0.05) is 35.5 Å². The van der Waals surface area contributed by atoms with Crippen LogP contribution in [0.4, 0.5) is 0 Å². The van der Waals surface area contributed by atoms with Gasteiger partial charge in [-0.3, -0.25) is 0 Å². The fourth-order valence-electron chi connectivity index (χ4n) is 1.22. The van der Waals surface area contributed by atoms with Crippen molar-refractivity contribution in [3.63, 3.8) is 0 Å². The first kappa shape index (κ1) is 11.7. The molecule has 2 rings (SSSR count). The van der Waals surface area contributed by atoms with E-state index in [9.17, 15) is 0 Å². The van der Waals surface area contributed by atoms with Gasteiger partial charge in [-0.05, 0) is 5.56 Å². The van der Waals surface area contributed by atoms with Gasteiger partial charge in [-0.15, -0.1) is 12.4 Å². The van der Waals surface area contributed by atoms with Crippen molar-refractivity contribution in [1.82, 2.24) is 10.1 Å². The van der Waals surface area contributed by atoms with Gasteiger partial charge in [0.1, 0.15) is 0 Å². The van der Waals surface area contributed by atoms with Crippen LogP contribution in [0.3, 0.4) is 0 Å². The summed E-state index contributed by atoms with van der Waals surface area (Å²) in [5.74, 6) is 1.16. The SMILES string of the molecule is Cl.NCc1nc(Cc2ccccc2)no1. The van der Waals surface area contributed by atoms with Crippen LogP contribution in [-0.4, -0.2) is 10.1 Å². The van der Waals surface area contributed by atoms with Crippen LogP contribution >= 0.6 is 12.4 Å². The summed E-state index contributed by atoms with van der Waals surface area (Å²) in [5.41, 5.74) is 6.52. The van der Waals surface area contributed by atoms with E-state index < -0.39 is 0 Å². The van der Waals surface area contributed by atoms with Crippen LogP contribution in [0.15, 0.2) is 34.9 Å². The number of rotatable bonds is 3. The highest BCUT2D eigenvalue weighted by atomic mass is 35.5. The molecular weight excluding hydrogens is 214 g/mol. The summed E-state index contributed by atoms with van der Waals surface area (Å²) in [7, 11) is 0. The van der Waals surface area contributed by atoms with E-state index in [1.54, 1.807) is 0 Å². The molecule has 0 atom stereocenters. The summed E-state index contributed by atoms with van der Waals surface area (Å²) in [6, 6.07) is 10.0. The van der Waals surface area contributed by atoms with E-state index in [2.05, 4.69) is 10.1 Å². The Morgan fingerprint density at radius 3 is 2.53 bits per heavy atom. The van der Waals surface area contributed by atoms with Crippen molar-refractivity contribution >= 4 is 12.4 Å². The lowest BCUT2D eigenvalue weighted by atomic mass is 10.1. The zero-order valence-corrected chi connectivity index (χ0v) is 8.91. The Balaban J connectivity index is 0.00000112. The molecule has 0 aliphatic rings. The molecule has 15 heavy (non-hydrogen) atoms. The fraction of sp³-hybridized carbons (Fsp3) is 0.200. The first-order chi connectivity index (χ1) is 6.88. The number of aromatic nitrogens is 2. The molecule has 1 heterocycles. The van der Waals surface area contributed by atoms with E-state index in [0.29, 0.717) is 24.7 Å². The van der Waals surface area contributed by atoms with Gasteiger partial charge in [-0.25, -0.2) is 0 Å². The van der Waals surface area contributed by atoms with Gasteiger partial charge in [0.15, 0.2) is 5.82 Å². The summed E-state index contributed by atoms with van der Waals surface area (Å²) in [6.45, 7) is 0.293. The Morgan fingerprint density at radius 1 is 1.20 bits per heavy atom. The molecule has 0 aliphatic carbocycles. The third kappa shape index (κ3) is 3.04. The molecule has 0 unspecified atom stereocenters. The Labute approximate surface area is 93.9 Å². The number of benzene rings is 1. The van der Waals surface area contributed by atoms with Gasteiger partial charge >= 0.3 is 0 Å². The maximum Gasteiger partial charge on any atom is 0.240 e. The van der Waals surface area contributed by atoms with Crippen molar-refractivity contribution in [2.24, 2.45) is 5.73 Å². The van der Waals surface area contributed by atoms with Crippen LogP contribution in [0.1, 0.15) is 17.3 Å². The molecule has 1 aromatic carbocycles. The smallest absolute Gasteiger partial charge is 0.240 e. The van der Waals surface area contributed by atoms with Gasteiger partial charge in [0.2, 0.25) is 5.89 Å². The minimum absolute atomic E-state index is 0. The monoisotopic (exact) mass is 225 g/mol. The molecule has 1 aromatic heterocycles. The van der Waals surface area contributed by atoms with Gasteiger partial charge in [0.05, 0.1) is 6.54 Å². The molecule has 0 radical (unpaired) electrons. The predicted octanol–water partition coefficient (Wildman–Crippen LogP) is 1.54. The normalized spacial score (nSPS) is 9.67. The minimum Gasteiger partial charge on any atom is -0.338 e. The number of hydrogen-bond donors (Lipinski definition) is 1. The predicted molar refractivity (Wildman–Crippen MR) is 58.7 cm³/mol. The van der Waals surface area contributed by atoms with Crippen molar-refractivity contribution in [2.45, 2.75) is 13.0 Å². The lowest BCUT2D eigenvalue weighted by molar-refractivity contribution is 0.375. The molecular formula is C10H12ClN3O. The highest BCUT2D eigenvalue weighted by Crippen LogP contribution is 2.05. The molecule has 80 valence electrons. The van der Waals surface area contributed by atoms with Gasteiger partial charge in [0, 0.05) is 6.42 Å². The summed E-state index contributed by atoms with van der Waals surface area (Å²) in [5, 5.41) is 3.82. The average Bonchev–Trinajstić information content (AvgIpc) is 2.67. The van der Waals surface area contributed by atoms with Crippen molar-refractivity contribution in [3.8, 4) is 0 Å². The molecule has 0 amide bonds. The van der Waals surface area contributed by atoms with Crippen LogP contribution in [-0.2, 0) is 13.0 Å². The summed E-state index contributed by atoms with van der Waals surface area (Å²) >= 11 is 0. The largest absolute Gasteiger partial charge is 0.338 e. The van der Waals surface area contributed by atoms with Gasteiger partial charge in [-0.2, -0.15) is 4.98 Å². The molecule has 5 heteroatoms. The van der Waals surface area contributed by atoms with E-state index in [1.165, 1.54) is 0 Å². The zero-order valence-electron chi connectivity index (χ0n) is 8.09. The minimum atomic E-state index is 0. The van der Waals surface area contributed by atoms with Crippen LogP contribution in [0.5, 0.6) is 0 Å². The second kappa shape index (κ2) is 5.48. The molecule has 0 saturated carbocycles. The molecule has 0 saturated heterocycles. The second-order valence-electron chi connectivity index (χ2n) is 2.97. The lowest BCUT2D eigenvalue weighted by Crippen LogP contribution is -1.96. The first-order valence-electron chi connectivity index (χ1n) is 4.44. The molecule has 0 spiro atoms.